The van der Waals surface area contributed by atoms with Crippen molar-refractivity contribution in [2.24, 2.45) is 0 Å². The van der Waals surface area contributed by atoms with Crippen LogP contribution in [-0.2, 0) is 0 Å². The number of nitrogens with zero attached hydrogens (tertiary/aromatic N) is 1. The summed E-state index contributed by atoms with van der Waals surface area (Å²) in [6, 6.07) is 14.0. The second-order valence-electron chi connectivity index (χ2n) is 5.31. The monoisotopic (exact) mass is 401 g/mol. The molecule has 24 heavy (non-hydrogen) atoms. The van der Waals surface area contributed by atoms with E-state index in [1.54, 1.807) is 36.4 Å². The summed E-state index contributed by atoms with van der Waals surface area (Å²) in [4.78, 5) is 16.2. The van der Waals surface area contributed by atoms with Crippen LogP contribution in [0, 0.1) is 0 Å². The molecule has 4 nitrogen and oxygen atoms in total. The van der Waals surface area contributed by atoms with Gasteiger partial charge in [0.05, 0.1) is 11.1 Å². The van der Waals surface area contributed by atoms with Gasteiger partial charge in [-0.1, -0.05) is 27.5 Å². The van der Waals surface area contributed by atoms with Crippen LogP contribution < -0.4 is 0 Å². The van der Waals surface area contributed by atoms with Crippen LogP contribution in [0.25, 0.3) is 33.3 Å². The van der Waals surface area contributed by atoms with Crippen molar-refractivity contribution in [1.82, 2.24) is 4.98 Å². The van der Waals surface area contributed by atoms with Gasteiger partial charge < -0.3 is 9.52 Å². The Morgan fingerprint density at radius 3 is 2.75 bits per heavy atom. The molecule has 4 aromatic rings. The number of fused-ring (bicyclic) bond motifs is 2. The highest BCUT2D eigenvalue weighted by atomic mass is 79.9. The summed E-state index contributed by atoms with van der Waals surface area (Å²) >= 11 is 9.35. The van der Waals surface area contributed by atoms with Gasteiger partial charge in [0.25, 0.3) is 0 Å². The molecule has 0 unspecified atom stereocenters. The van der Waals surface area contributed by atoms with E-state index in [0.29, 0.717) is 33.0 Å². The first-order valence-electron chi connectivity index (χ1n) is 7.04. The van der Waals surface area contributed by atoms with Gasteiger partial charge >= 0.3 is 5.97 Å². The number of benzene rings is 2. The molecule has 0 atom stereocenters. The summed E-state index contributed by atoms with van der Waals surface area (Å²) in [5.74, 6) is -0.513. The van der Waals surface area contributed by atoms with Crippen LogP contribution in [0.1, 0.15) is 10.4 Å². The first-order chi connectivity index (χ1) is 11.5. The fourth-order valence-corrected chi connectivity index (χ4v) is 3.18. The Morgan fingerprint density at radius 2 is 1.96 bits per heavy atom. The number of carbonyl (C=O) groups is 1. The number of carboxylic acids is 1. The van der Waals surface area contributed by atoms with Gasteiger partial charge in [0.1, 0.15) is 11.3 Å². The number of pyridine rings is 1. The van der Waals surface area contributed by atoms with Crippen molar-refractivity contribution < 1.29 is 14.3 Å². The third-order valence-corrected chi connectivity index (χ3v) is 4.46. The van der Waals surface area contributed by atoms with Gasteiger partial charge in [0.2, 0.25) is 0 Å². The summed E-state index contributed by atoms with van der Waals surface area (Å²) in [6.45, 7) is 0. The Hall–Kier alpha value is -2.37. The second kappa shape index (κ2) is 5.61. The van der Waals surface area contributed by atoms with Gasteiger partial charge in [0.15, 0.2) is 5.76 Å². The molecule has 0 saturated carbocycles. The van der Waals surface area contributed by atoms with Crippen LogP contribution in [0.3, 0.4) is 0 Å². The minimum Gasteiger partial charge on any atom is -0.478 e. The SMILES string of the molecule is O=C(O)c1cc(-c2cc3cc(Cl)ccc3o2)nc2ccc(Br)cc12. The molecule has 0 fully saturated rings. The first-order valence-corrected chi connectivity index (χ1v) is 8.21. The molecule has 0 saturated heterocycles. The highest BCUT2D eigenvalue weighted by molar-refractivity contribution is 9.10. The molecule has 6 heteroatoms. The number of halogens is 2. The summed E-state index contributed by atoms with van der Waals surface area (Å²) < 4.78 is 6.59. The van der Waals surface area contributed by atoms with Crippen molar-refractivity contribution in [3.63, 3.8) is 0 Å². The molecular formula is C18H9BrClNO3. The topological polar surface area (TPSA) is 63.3 Å². The van der Waals surface area contributed by atoms with Gasteiger partial charge in [-0.3, -0.25) is 0 Å². The van der Waals surface area contributed by atoms with E-state index in [-0.39, 0.29) is 5.56 Å². The van der Waals surface area contributed by atoms with Gasteiger partial charge in [-0.2, -0.15) is 0 Å². The van der Waals surface area contributed by atoms with Gasteiger partial charge in [-0.05, 0) is 48.5 Å². The van der Waals surface area contributed by atoms with E-state index in [1.165, 1.54) is 6.07 Å². The van der Waals surface area contributed by atoms with Crippen molar-refractivity contribution in [1.29, 1.82) is 0 Å². The standard InChI is InChI=1S/C18H9BrClNO3/c19-10-1-3-14-12(7-10)13(18(22)23)8-15(21-14)17-6-9-5-11(20)2-4-16(9)24-17/h1-8H,(H,22,23). The molecule has 118 valence electrons. The molecule has 0 bridgehead atoms. The molecule has 0 aliphatic heterocycles. The van der Waals surface area contributed by atoms with E-state index in [4.69, 9.17) is 16.0 Å². The smallest absolute Gasteiger partial charge is 0.336 e. The summed E-state index contributed by atoms with van der Waals surface area (Å²) in [7, 11) is 0. The number of carboxylic acid groups (broad SMARTS) is 1. The third kappa shape index (κ3) is 2.56. The summed E-state index contributed by atoms with van der Waals surface area (Å²) in [5.41, 5.74) is 1.90. The predicted octanol–water partition coefficient (Wildman–Crippen LogP) is 5.76. The second-order valence-corrected chi connectivity index (χ2v) is 6.67. The van der Waals surface area contributed by atoms with E-state index in [9.17, 15) is 9.90 Å². The molecule has 0 aliphatic carbocycles. The van der Waals surface area contributed by atoms with Crippen molar-refractivity contribution in [2.75, 3.05) is 0 Å². The maximum atomic E-state index is 11.6. The van der Waals surface area contributed by atoms with Crippen molar-refractivity contribution in [2.45, 2.75) is 0 Å². The molecule has 0 radical (unpaired) electrons. The Bertz CT molecular complexity index is 1120. The zero-order valence-corrected chi connectivity index (χ0v) is 14.4. The summed E-state index contributed by atoms with van der Waals surface area (Å²) in [6.07, 6.45) is 0. The number of aromatic nitrogens is 1. The highest BCUT2D eigenvalue weighted by Gasteiger charge is 2.16. The normalized spacial score (nSPS) is 11.2. The Kier molecular flexibility index (Phi) is 3.55. The highest BCUT2D eigenvalue weighted by Crippen LogP contribution is 2.31. The summed E-state index contributed by atoms with van der Waals surface area (Å²) in [5, 5.41) is 11.5. The molecule has 1 N–H and O–H groups in total. The molecule has 0 aliphatic rings. The average molecular weight is 403 g/mol. The average Bonchev–Trinajstić information content (AvgIpc) is 2.96. The van der Waals surface area contributed by atoms with E-state index < -0.39 is 5.97 Å². The largest absolute Gasteiger partial charge is 0.478 e. The number of hydrogen-bond acceptors (Lipinski definition) is 3. The lowest BCUT2D eigenvalue weighted by molar-refractivity contribution is 0.0699. The zero-order chi connectivity index (χ0) is 16.8. The van der Waals surface area contributed by atoms with Crippen LogP contribution in [0.15, 0.2) is 57.4 Å². The molecule has 4 rings (SSSR count). The first kappa shape index (κ1) is 15.2. The van der Waals surface area contributed by atoms with E-state index >= 15 is 0 Å². The number of furan rings is 1. The molecular weight excluding hydrogens is 394 g/mol. The lowest BCUT2D eigenvalue weighted by Gasteiger charge is -2.05. The zero-order valence-electron chi connectivity index (χ0n) is 12.1. The van der Waals surface area contributed by atoms with Crippen molar-refractivity contribution >= 4 is 55.4 Å². The Labute approximate surface area is 149 Å². The van der Waals surface area contributed by atoms with E-state index in [2.05, 4.69) is 20.9 Å². The number of hydrogen-bond donors (Lipinski definition) is 1. The van der Waals surface area contributed by atoms with Crippen LogP contribution >= 0.6 is 27.5 Å². The van der Waals surface area contributed by atoms with Gasteiger partial charge in [0, 0.05) is 20.3 Å². The maximum Gasteiger partial charge on any atom is 0.336 e. The molecule has 2 aromatic heterocycles. The molecule has 0 amide bonds. The minimum absolute atomic E-state index is 0.176. The predicted molar refractivity (Wildman–Crippen MR) is 96.6 cm³/mol. The van der Waals surface area contributed by atoms with Crippen LogP contribution in [0.4, 0.5) is 0 Å². The fraction of sp³-hybridized carbons (Fsp3) is 0. The number of aromatic carboxylic acids is 1. The van der Waals surface area contributed by atoms with Crippen LogP contribution in [0.2, 0.25) is 5.02 Å². The van der Waals surface area contributed by atoms with Gasteiger partial charge in [-0.15, -0.1) is 0 Å². The Balaban J connectivity index is 1.98. The molecule has 2 heterocycles. The third-order valence-electron chi connectivity index (χ3n) is 3.73. The van der Waals surface area contributed by atoms with Crippen LogP contribution in [-0.4, -0.2) is 16.1 Å². The lowest BCUT2D eigenvalue weighted by atomic mass is 10.1. The van der Waals surface area contributed by atoms with E-state index in [1.807, 2.05) is 6.07 Å². The lowest BCUT2D eigenvalue weighted by Crippen LogP contribution is -2.00. The minimum atomic E-state index is -1.01. The van der Waals surface area contributed by atoms with E-state index in [0.717, 1.165) is 9.86 Å². The maximum absolute atomic E-state index is 11.6. The number of rotatable bonds is 2. The molecule has 0 spiro atoms. The van der Waals surface area contributed by atoms with Crippen molar-refractivity contribution in [3.05, 3.63) is 63.6 Å². The molecule has 2 aromatic carbocycles. The quantitative estimate of drug-likeness (QED) is 0.463. The van der Waals surface area contributed by atoms with Gasteiger partial charge in [-0.25, -0.2) is 9.78 Å². The fourth-order valence-electron chi connectivity index (χ4n) is 2.64. The van der Waals surface area contributed by atoms with Crippen molar-refractivity contribution in [3.8, 4) is 11.5 Å². The Morgan fingerprint density at radius 1 is 1.12 bits per heavy atom. The van der Waals surface area contributed by atoms with Crippen LogP contribution in [0.5, 0.6) is 0 Å².